The van der Waals surface area contributed by atoms with Crippen LogP contribution in [0.1, 0.15) is 41.3 Å². The number of amides is 1. The molecular weight excluding hydrogens is 352 g/mol. The SMILES string of the molecule is O=C(NCCc1nnc2n1CCN(C[C@H]1CC=CCC1)CC2)c1cccnc1. The van der Waals surface area contributed by atoms with Gasteiger partial charge in [0, 0.05) is 58.0 Å². The van der Waals surface area contributed by atoms with E-state index in [0.29, 0.717) is 18.5 Å². The third-order valence-electron chi connectivity index (χ3n) is 5.65. The summed E-state index contributed by atoms with van der Waals surface area (Å²) in [5, 5.41) is 11.7. The maximum Gasteiger partial charge on any atom is 0.252 e. The normalized spacial score (nSPS) is 19.8. The molecule has 0 aromatic carbocycles. The molecule has 0 bridgehead atoms. The van der Waals surface area contributed by atoms with Crippen LogP contribution in [0.3, 0.4) is 0 Å². The molecule has 1 amide bonds. The van der Waals surface area contributed by atoms with Crippen LogP contribution in [0.4, 0.5) is 0 Å². The van der Waals surface area contributed by atoms with Crippen LogP contribution in [0.25, 0.3) is 0 Å². The fourth-order valence-corrected chi connectivity index (χ4v) is 4.07. The number of carbonyl (C=O) groups is 1. The van der Waals surface area contributed by atoms with Gasteiger partial charge >= 0.3 is 0 Å². The number of rotatable bonds is 6. The second-order valence-corrected chi connectivity index (χ2v) is 7.63. The minimum atomic E-state index is -0.101. The molecule has 2 aliphatic rings. The highest BCUT2D eigenvalue weighted by atomic mass is 16.1. The Morgan fingerprint density at radius 3 is 3.00 bits per heavy atom. The van der Waals surface area contributed by atoms with Gasteiger partial charge in [-0.15, -0.1) is 10.2 Å². The van der Waals surface area contributed by atoms with Crippen LogP contribution in [0, 0.1) is 5.92 Å². The third kappa shape index (κ3) is 4.65. The molecule has 0 unspecified atom stereocenters. The van der Waals surface area contributed by atoms with E-state index in [9.17, 15) is 4.79 Å². The van der Waals surface area contributed by atoms with Crippen molar-refractivity contribution in [2.45, 2.75) is 38.6 Å². The summed E-state index contributed by atoms with van der Waals surface area (Å²) in [5.41, 5.74) is 0.579. The van der Waals surface area contributed by atoms with Gasteiger partial charge < -0.3 is 14.8 Å². The van der Waals surface area contributed by atoms with Gasteiger partial charge in [-0.05, 0) is 37.3 Å². The summed E-state index contributed by atoms with van der Waals surface area (Å²) in [5.74, 6) is 2.72. The van der Waals surface area contributed by atoms with Crippen LogP contribution in [0.15, 0.2) is 36.7 Å². The minimum absolute atomic E-state index is 0.101. The van der Waals surface area contributed by atoms with Crippen molar-refractivity contribution in [1.82, 2.24) is 30.0 Å². The Hall–Kier alpha value is -2.54. The van der Waals surface area contributed by atoms with E-state index in [1.807, 2.05) is 0 Å². The van der Waals surface area contributed by atoms with Crippen molar-refractivity contribution in [3.8, 4) is 0 Å². The van der Waals surface area contributed by atoms with Gasteiger partial charge in [0.15, 0.2) is 0 Å². The molecule has 2 aromatic heterocycles. The summed E-state index contributed by atoms with van der Waals surface area (Å²) in [6, 6.07) is 3.53. The lowest BCUT2D eigenvalue weighted by Gasteiger charge is -2.26. The highest BCUT2D eigenvalue weighted by Crippen LogP contribution is 2.20. The van der Waals surface area contributed by atoms with Crippen LogP contribution in [0.5, 0.6) is 0 Å². The molecule has 4 rings (SSSR count). The summed E-state index contributed by atoms with van der Waals surface area (Å²) >= 11 is 0. The summed E-state index contributed by atoms with van der Waals surface area (Å²) in [6.07, 6.45) is 13.2. The van der Waals surface area contributed by atoms with Gasteiger partial charge in [-0.25, -0.2) is 0 Å². The summed E-state index contributed by atoms with van der Waals surface area (Å²) in [7, 11) is 0. The van der Waals surface area contributed by atoms with Crippen molar-refractivity contribution in [3.05, 3.63) is 53.9 Å². The zero-order valence-electron chi connectivity index (χ0n) is 16.3. The first-order valence-corrected chi connectivity index (χ1v) is 10.3. The molecule has 0 fully saturated rings. The molecule has 2 aromatic rings. The van der Waals surface area contributed by atoms with Crippen molar-refractivity contribution in [2.24, 2.45) is 5.92 Å². The number of carbonyl (C=O) groups excluding carboxylic acids is 1. The van der Waals surface area contributed by atoms with Crippen LogP contribution in [0.2, 0.25) is 0 Å². The molecule has 1 atom stereocenters. The Balaban J connectivity index is 1.28. The molecular formula is C21H28N6O. The molecule has 7 heteroatoms. The average molecular weight is 380 g/mol. The summed E-state index contributed by atoms with van der Waals surface area (Å²) < 4.78 is 2.25. The van der Waals surface area contributed by atoms with Gasteiger partial charge in [0.2, 0.25) is 0 Å². The standard InChI is InChI=1S/C21H28N6O/c28-21(18-7-4-10-22-15-18)23-11-8-19-24-25-20-9-12-26(13-14-27(19)20)16-17-5-2-1-3-6-17/h1-2,4,7,10,15,17H,3,5-6,8-9,11-14,16H2,(H,23,28)/t17-/m0/s1. The number of pyridine rings is 1. The first-order chi connectivity index (χ1) is 13.8. The van der Waals surface area contributed by atoms with Gasteiger partial charge in [0.05, 0.1) is 5.56 Å². The lowest BCUT2D eigenvalue weighted by Crippen LogP contribution is -2.32. The molecule has 0 saturated carbocycles. The molecule has 3 heterocycles. The molecule has 0 saturated heterocycles. The van der Waals surface area contributed by atoms with E-state index in [-0.39, 0.29) is 5.91 Å². The van der Waals surface area contributed by atoms with E-state index in [0.717, 1.165) is 43.6 Å². The lowest BCUT2D eigenvalue weighted by atomic mass is 9.94. The lowest BCUT2D eigenvalue weighted by molar-refractivity contribution is 0.0953. The number of nitrogens with one attached hydrogen (secondary N) is 1. The monoisotopic (exact) mass is 380 g/mol. The van der Waals surface area contributed by atoms with Crippen LogP contribution >= 0.6 is 0 Å². The van der Waals surface area contributed by atoms with Crippen LogP contribution in [-0.4, -0.2) is 56.7 Å². The second-order valence-electron chi connectivity index (χ2n) is 7.63. The number of nitrogens with zero attached hydrogens (tertiary/aromatic N) is 5. The van der Waals surface area contributed by atoms with Crippen molar-refractivity contribution < 1.29 is 4.79 Å². The number of hydrogen-bond acceptors (Lipinski definition) is 5. The molecule has 28 heavy (non-hydrogen) atoms. The van der Waals surface area contributed by atoms with Gasteiger partial charge in [0.1, 0.15) is 11.6 Å². The predicted molar refractivity (Wildman–Crippen MR) is 107 cm³/mol. The Bertz CT molecular complexity index is 816. The molecule has 148 valence electrons. The second kappa shape index (κ2) is 9.10. The van der Waals surface area contributed by atoms with E-state index in [1.165, 1.54) is 25.8 Å². The van der Waals surface area contributed by atoms with Crippen LogP contribution < -0.4 is 5.32 Å². The number of hydrogen-bond donors (Lipinski definition) is 1. The van der Waals surface area contributed by atoms with Gasteiger partial charge in [-0.3, -0.25) is 9.78 Å². The maximum absolute atomic E-state index is 12.1. The van der Waals surface area contributed by atoms with Crippen molar-refractivity contribution in [1.29, 1.82) is 0 Å². The minimum Gasteiger partial charge on any atom is -0.352 e. The van der Waals surface area contributed by atoms with Gasteiger partial charge in [-0.2, -0.15) is 0 Å². The number of allylic oxidation sites excluding steroid dienone is 2. The van der Waals surface area contributed by atoms with Crippen molar-refractivity contribution in [2.75, 3.05) is 26.2 Å². The highest BCUT2D eigenvalue weighted by molar-refractivity contribution is 5.93. The molecule has 0 spiro atoms. The third-order valence-corrected chi connectivity index (χ3v) is 5.65. The van der Waals surface area contributed by atoms with Gasteiger partial charge in [-0.1, -0.05) is 12.2 Å². The van der Waals surface area contributed by atoms with Crippen LogP contribution in [-0.2, 0) is 19.4 Å². The van der Waals surface area contributed by atoms with E-state index < -0.39 is 0 Å². The zero-order chi connectivity index (χ0) is 19.2. The first kappa shape index (κ1) is 18.8. The quantitative estimate of drug-likeness (QED) is 0.774. The van der Waals surface area contributed by atoms with Gasteiger partial charge in [0.25, 0.3) is 5.91 Å². The Labute approximate surface area is 165 Å². The summed E-state index contributed by atoms with van der Waals surface area (Å²) in [6.45, 7) is 4.75. The Morgan fingerprint density at radius 2 is 2.18 bits per heavy atom. The average Bonchev–Trinajstić information content (AvgIpc) is 3.01. The van der Waals surface area contributed by atoms with Crippen molar-refractivity contribution in [3.63, 3.8) is 0 Å². The first-order valence-electron chi connectivity index (χ1n) is 10.3. The predicted octanol–water partition coefficient (Wildman–Crippen LogP) is 1.86. The number of aromatic nitrogens is 4. The molecule has 7 nitrogen and oxygen atoms in total. The fraction of sp³-hybridized carbons (Fsp3) is 0.524. The Kier molecular flexibility index (Phi) is 6.11. The molecule has 1 aliphatic heterocycles. The van der Waals surface area contributed by atoms with Crippen molar-refractivity contribution >= 4 is 5.91 Å². The van der Waals surface area contributed by atoms with E-state index in [2.05, 4.69) is 42.1 Å². The Morgan fingerprint density at radius 1 is 1.21 bits per heavy atom. The fourth-order valence-electron chi connectivity index (χ4n) is 4.07. The largest absolute Gasteiger partial charge is 0.352 e. The zero-order valence-corrected chi connectivity index (χ0v) is 16.3. The smallest absolute Gasteiger partial charge is 0.252 e. The molecule has 1 aliphatic carbocycles. The van der Waals surface area contributed by atoms with E-state index in [4.69, 9.17) is 0 Å². The molecule has 0 radical (unpaired) electrons. The highest BCUT2D eigenvalue weighted by Gasteiger charge is 2.21. The summed E-state index contributed by atoms with van der Waals surface area (Å²) in [4.78, 5) is 18.7. The maximum atomic E-state index is 12.1. The van der Waals surface area contributed by atoms with E-state index in [1.54, 1.807) is 24.5 Å². The number of fused-ring (bicyclic) bond motifs is 1. The topological polar surface area (TPSA) is 75.9 Å². The molecule has 1 N–H and O–H groups in total. The van der Waals surface area contributed by atoms with E-state index >= 15 is 0 Å².